The Morgan fingerprint density at radius 2 is 2.50 bits per heavy atom. The second-order valence-corrected chi connectivity index (χ2v) is 4.59. The van der Waals surface area contributed by atoms with Gasteiger partial charge in [0.25, 0.3) is 5.91 Å². The Balaban J connectivity index is 2.16. The lowest BCUT2D eigenvalue weighted by Crippen LogP contribution is -2.30. The molecule has 1 aromatic rings. The van der Waals surface area contributed by atoms with Gasteiger partial charge in [-0.15, -0.1) is 0 Å². The van der Waals surface area contributed by atoms with E-state index in [1.807, 2.05) is 0 Å². The van der Waals surface area contributed by atoms with Crippen molar-refractivity contribution < 1.29 is 14.6 Å². The first-order valence-corrected chi connectivity index (χ1v) is 6.62. The van der Waals surface area contributed by atoms with Crippen molar-refractivity contribution >= 4 is 5.91 Å². The molecule has 1 atom stereocenters. The Morgan fingerprint density at radius 3 is 3.20 bits per heavy atom. The van der Waals surface area contributed by atoms with E-state index in [0.717, 1.165) is 6.42 Å². The Labute approximate surface area is 118 Å². The van der Waals surface area contributed by atoms with Crippen LogP contribution in [0.3, 0.4) is 0 Å². The van der Waals surface area contributed by atoms with E-state index in [9.17, 15) is 4.79 Å². The molecule has 2 heterocycles. The number of carbonyl (C=O) groups excluding carboxylic acids is 1. The van der Waals surface area contributed by atoms with Crippen molar-refractivity contribution in [1.29, 1.82) is 0 Å². The van der Waals surface area contributed by atoms with Crippen molar-refractivity contribution in [3.05, 3.63) is 29.6 Å². The fourth-order valence-corrected chi connectivity index (χ4v) is 2.17. The van der Waals surface area contributed by atoms with Crippen molar-refractivity contribution in [1.82, 2.24) is 9.88 Å². The van der Waals surface area contributed by atoms with Crippen molar-refractivity contribution in [2.45, 2.75) is 18.9 Å². The highest BCUT2D eigenvalue weighted by Gasteiger charge is 2.27. The van der Waals surface area contributed by atoms with Gasteiger partial charge in [0.15, 0.2) is 0 Å². The van der Waals surface area contributed by atoms with Gasteiger partial charge in [0, 0.05) is 39.0 Å². The molecular weight excluding hydrogens is 256 g/mol. The van der Waals surface area contributed by atoms with Crippen molar-refractivity contribution in [3.8, 4) is 11.8 Å². The molecule has 0 bridgehead atoms. The molecule has 0 radical (unpaired) electrons. The monoisotopic (exact) mass is 274 g/mol. The van der Waals surface area contributed by atoms with E-state index in [-0.39, 0.29) is 18.6 Å². The minimum absolute atomic E-state index is 0.0121. The number of carbonyl (C=O) groups is 1. The van der Waals surface area contributed by atoms with Crippen LogP contribution in [0.5, 0.6) is 0 Å². The third-order valence-electron chi connectivity index (χ3n) is 3.28. The number of hydrogen-bond donors (Lipinski definition) is 1. The molecule has 1 fully saturated rings. The third kappa shape index (κ3) is 3.35. The lowest BCUT2D eigenvalue weighted by Gasteiger charge is -2.16. The van der Waals surface area contributed by atoms with Gasteiger partial charge in [0.05, 0.1) is 23.8 Å². The number of amides is 1. The van der Waals surface area contributed by atoms with E-state index in [2.05, 4.69) is 16.8 Å². The molecule has 5 nitrogen and oxygen atoms in total. The SMILES string of the molecule is COC1CCN(C(=O)c2ccncc2C#CCCO)C1. The van der Waals surface area contributed by atoms with Gasteiger partial charge < -0.3 is 14.7 Å². The van der Waals surface area contributed by atoms with Crippen molar-refractivity contribution in [3.63, 3.8) is 0 Å². The molecule has 20 heavy (non-hydrogen) atoms. The second-order valence-electron chi connectivity index (χ2n) is 4.59. The number of likely N-dealkylation sites (tertiary alicyclic amines) is 1. The maximum absolute atomic E-state index is 12.5. The quantitative estimate of drug-likeness (QED) is 0.823. The summed E-state index contributed by atoms with van der Waals surface area (Å²) in [5.41, 5.74) is 1.16. The van der Waals surface area contributed by atoms with Crippen LogP contribution in [0.25, 0.3) is 0 Å². The number of hydrogen-bond acceptors (Lipinski definition) is 4. The zero-order valence-electron chi connectivity index (χ0n) is 11.5. The average molecular weight is 274 g/mol. The number of aliphatic hydroxyl groups excluding tert-OH is 1. The molecular formula is C15H18N2O3. The van der Waals surface area contributed by atoms with Crippen LogP contribution in [-0.4, -0.2) is 53.8 Å². The molecule has 0 aromatic carbocycles. The molecule has 1 amide bonds. The molecule has 0 saturated carbocycles. The molecule has 1 N–H and O–H groups in total. The number of methoxy groups -OCH3 is 1. The van der Waals surface area contributed by atoms with E-state index < -0.39 is 0 Å². The lowest BCUT2D eigenvalue weighted by atomic mass is 10.1. The van der Waals surface area contributed by atoms with Crippen LogP contribution >= 0.6 is 0 Å². The van der Waals surface area contributed by atoms with Gasteiger partial charge in [-0.2, -0.15) is 0 Å². The first-order valence-electron chi connectivity index (χ1n) is 6.62. The van der Waals surface area contributed by atoms with Gasteiger partial charge in [-0.1, -0.05) is 11.8 Å². The second kappa shape index (κ2) is 7.04. The van der Waals surface area contributed by atoms with Crippen LogP contribution in [-0.2, 0) is 4.74 Å². The molecule has 1 aromatic heterocycles. The highest BCUT2D eigenvalue weighted by molar-refractivity contribution is 5.96. The van der Waals surface area contributed by atoms with Crippen LogP contribution in [0.4, 0.5) is 0 Å². The van der Waals surface area contributed by atoms with Crippen LogP contribution in [0.1, 0.15) is 28.8 Å². The number of ether oxygens (including phenoxy) is 1. The lowest BCUT2D eigenvalue weighted by molar-refractivity contribution is 0.0724. The molecule has 2 rings (SSSR count). The standard InChI is InChI=1S/C15H18N2O3/c1-20-13-6-8-17(11-13)15(19)14-5-7-16-10-12(14)4-2-3-9-18/h5,7,10,13,18H,3,6,8-9,11H2,1H3. The first kappa shape index (κ1) is 14.5. The van der Waals surface area contributed by atoms with E-state index >= 15 is 0 Å². The molecule has 5 heteroatoms. The highest BCUT2D eigenvalue weighted by atomic mass is 16.5. The predicted molar refractivity (Wildman–Crippen MR) is 74.1 cm³/mol. The topological polar surface area (TPSA) is 62.7 Å². The fourth-order valence-electron chi connectivity index (χ4n) is 2.17. The molecule has 1 aliphatic rings. The van der Waals surface area contributed by atoms with Crippen LogP contribution in [0.15, 0.2) is 18.5 Å². The summed E-state index contributed by atoms with van der Waals surface area (Å²) in [5.74, 6) is 5.67. The maximum atomic E-state index is 12.5. The summed E-state index contributed by atoms with van der Waals surface area (Å²) in [6.45, 7) is 1.32. The average Bonchev–Trinajstić information content (AvgIpc) is 2.96. The Hall–Kier alpha value is -1.90. The van der Waals surface area contributed by atoms with Gasteiger partial charge in [-0.3, -0.25) is 9.78 Å². The van der Waals surface area contributed by atoms with E-state index in [0.29, 0.717) is 30.6 Å². The zero-order valence-corrected chi connectivity index (χ0v) is 11.5. The largest absolute Gasteiger partial charge is 0.395 e. The molecule has 106 valence electrons. The normalized spacial score (nSPS) is 17.7. The van der Waals surface area contributed by atoms with E-state index in [1.54, 1.807) is 30.5 Å². The van der Waals surface area contributed by atoms with Crippen molar-refractivity contribution in [2.75, 3.05) is 26.8 Å². The molecule has 0 aliphatic carbocycles. The predicted octanol–water partition coefficient (Wildman–Crippen LogP) is 0.676. The Morgan fingerprint density at radius 1 is 1.65 bits per heavy atom. The van der Waals surface area contributed by atoms with E-state index in [4.69, 9.17) is 9.84 Å². The van der Waals surface area contributed by atoms with E-state index in [1.165, 1.54) is 0 Å². The molecule has 0 spiro atoms. The summed E-state index contributed by atoms with van der Waals surface area (Å²) in [6.07, 6.45) is 4.54. The van der Waals surface area contributed by atoms with Crippen LogP contribution in [0.2, 0.25) is 0 Å². The fraction of sp³-hybridized carbons (Fsp3) is 0.467. The number of aliphatic hydroxyl groups is 1. The first-order chi connectivity index (χ1) is 9.76. The number of nitrogens with zero attached hydrogens (tertiary/aromatic N) is 2. The van der Waals surface area contributed by atoms with Crippen LogP contribution in [0, 0.1) is 11.8 Å². The Bertz CT molecular complexity index is 533. The zero-order chi connectivity index (χ0) is 14.4. The summed E-state index contributed by atoms with van der Waals surface area (Å²) < 4.78 is 5.28. The summed E-state index contributed by atoms with van der Waals surface area (Å²) in [5, 5.41) is 8.74. The van der Waals surface area contributed by atoms with Crippen molar-refractivity contribution in [2.24, 2.45) is 0 Å². The van der Waals surface area contributed by atoms with Gasteiger partial charge in [-0.05, 0) is 12.5 Å². The third-order valence-corrected chi connectivity index (χ3v) is 3.28. The maximum Gasteiger partial charge on any atom is 0.255 e. The summed E-state index contributed by atoms with van der Waals surface area (Å²) in [4.78, 5) is 18.3. The summed E-state index contributed by atoms with van der Waals surface area (Å²) in [7, 11) is 1.66. The Kier molecular flexibility index (Phi) is 5.10. The number of rotatable bonds is 3. The molecule has 1 saturated heterocycles. The molecule has 1 aliphatic heterocycles. The van der Waals surface area contributed by atoms with Gasteiger partial charge in [0.1, 0.15) is 0 Å². The van der Waals surface area contributed by atoms with Gasteiger partial charge in [-0.25, -0.2) is 0 Å². The van der Waals surface area contributed by atoms with Gasteiger partial charge in [0.2, 0.25) is 0 Å². The minimum atomic E-state index is -0.0414. The number of pyridine rings is 1. The molecule has 1 unspecified atom stereocenters. The highest BCUT2D eigenvalue weighted by Crippen LogP contribution is 2.17. The minimum Gasteiger partial charge on any atom is -0.395 e. The smallest absolute Gasteiger partial charge is 0.255 e. The van der Waals surface area contributed by atoms with Gasteiger partial charge >= 0.3 is 0 Å². The summed E-state index contributed by atoms with van der Waals surface area (Å²) in [6, 6.07) is 1.69. The summed E-state index contributed by atoms with van der Waals surface area (Å²) >= 11 is 0. The van der Waals surface area contributed by atoms with Crippen LogP contribution < -0.4 is 0 Å². The number of aromatic nitrogens is 1.